The molecule has 162 valence electrons. The summed E-state index contributed by atoms with van der Waals surface area (Å²) in [7, 11) is 0. The molecule has 2 aliphatic heterocycles. The lowest BCUT2D eigenvalue weighted by Gasteiger charge is -2.33. The molecule has 0 radical (unpaired) electrons. The maximum atomic E-state index is 12.6. The molecule has 1 unspecified atom stereocenters. The third-order valence-corrected chi connectivity index (χ3v) is 5.68. The highest BCUT2D eigenvalue weighted by Crippen LogP contribution is 2.46. The molecule has 2 heterocycles. The fraction of sp³-hybridized carbons (Fsp3) is 0.320. The largest absolute Gasteiger partial charge is 0.508 e. The summed E-state index contributed by atoms with van der Waals surface area (Å²) >= 11 is 0. The third-order valence-electron chi connectivity index (χ3n) is 5.68. The average Bonchev–Trinajstić information content (AvgIpc) is 2.66. The van der Waals surface area contributed by atoms with Crippen molar-refractivity contribution >= 4 is 11.9 Å². The summed E-state index contributed by atoms with van der Waals surface area (Å²) in [5.74, 6) is -0.194. The van der Waals surface area contributed by atoms with Crippen LogP contribution in [0.1, 0.15) is 67.6 Å². The standard InChI is InChI=1S/C25H26O6/c1-14(2)5-4-9-25(3)10-8-17-20(31-25)7-6-16(24(17)29)21-13-19(28)23-18(27)11-15(26)12-22(23)30-21/h5-8,10-12,21,26-27,29H,4,9,13H2,1-3H3/t21-,25?/m0/s1. The number of hydrogen-bond acceptors (Lipinski definition) is 6. The van der Waals surface area contributed by atoms with Gasteiger partial charge in [0.2, 0.25) is 0 Å². The van der Waals surface area contributed by atoms with Crippen LogP contribution < -0.4 is 9.47 Å². The van der Waals surface area contributed by atoms with Crippen molar-refractivity contribution < 1.29 is 29.6 Å². The van der Waals surface area contributed by atoms with Gasteiger partial charge < -0.3 is 24.8 Å². The van der Waals surface area contributed by atoms with Gasteiger partial charge in [0.15, 0.2) is 5.78 Å². The molecule has 2 atom stereocenters. The smallest absolute Gasteiger partial charge is 0.174 e. The molecule has 3 N–H and O–H groups in total. The number of carbonyl (C=O) groups is 1. The van der Waals surface area contributed by atoms with Crippen molar-refractivity contribution in [1.29, 1.82) is 0 Å². The molecule has 0 aliphatic carbocycles. The monoisotopic (exact) mass is 422 g/mol. The molecule has 0 fully saturated rings. The highest BCUT2D eigenvalue weighted by Gasteiger charge is 2.34. The number of ketones is 1. The van der Waals surface area contributed by atoms with E-state index < -0.39 is 11.7 Å². The number of phenolic OH excluding ortho intramolecular Hbond substituents is 3. The van der Waals surface area contributed by atoms with Crippen LogP contribution in [0.4, 0.5) is 0 Å². The van der Waals surface area contributed by atoms with Gasteiger partial charge in [-0.05, 0) is 57.9 Å². The molecule has 0 bridgehead atoms. The van der Waals surface area contributed by atoms with Crippen LogP contribution in [0.3, 0.4) is 0 Å². The van der Waals surface area contributed by atoms with Crippen LogP contribution in [0.5, 0.6) is 28.7 Å². The number of hydrogen-bond donors (Lipinski definition) is 3. The number of carbonyl (C=O) groups excluding carboxylic acids is 1. The van der Waals surface area contributed by atoms with E-state index in [1.165, 1.54) is 11.6 Å². The van der Waals surface area contributed by atoms with Gasteiger partial charge in [0.05, 0.1) is 12.0 Å². The van der Waals surface area contributed by atoms with Gasteiger partial charge in [-0.1, -0.05) is 11.6 Å². The Balaban J connectivity index is 1.61. The van der Waals surface area contributed by atoms with Crippen molar-refractivity contribution in [1.82, 2.24) is 0 Å². The summed E-state index contributed by atoms with van der Waals surface area (Å²) in [6.07, 6.45) is 6.87. The molecular weight excluding hydrogens is 396 g/mol. The van der Waals surface area contributed by atoms with Crippen LogP contribution in [-0.2, 0) is 0 Å². The van der Waals surface area contributed by atoms with Gasteiger partial charge in [0.25, 0.3) is 0 Å². The lowest BCUT2D eigenvalue weighted by molar-refractivity contribution is 0.0841. The Morgan fingerprint density at radius 2 is 1.97 bits per heavy atom. The Morgan fingerprint density at radius 1 is 1.19 bits per heavy atom. The highest BCUT2D eigenvalue weighted by molar-refractivity contribution is 6.02. The van der Waals surface area contributed by atoms with Crippen LogP contribution in [0.2, 0.25) is 0 Å². The topological polar surface area (TPSA) is 96.2 Å². The van der Waals surface area contributed by atoms with E-state index in [1.807, 2.05) is 19.1 Å². The Hall–Kier alpha value is -3.41. The predicted molar refractivity (Wildman–Crippen MR) is 117 cm³/mol. The Bertz CT molecular complexity index is 1110. The molecule has 0 saturated heterocycles. The van der Waals surface area contributed by atoms with Gasteiger partial charge in [0, 0.05) is 17.7 Å². The first-order valence-corrected chi connectivity index (χ1v) is 10.3. The van der Waals surface area contributed by atoms with Crippen molar-refractivity contribution in [3.05, 3.63) is 58.7 Å². The molecule has 2 aromatic carbocycles. The second kappa shape index (κ2) is 7.69. The zero-order valence-corrected chi connectivity index (χ0v) is 17.8. The summed E-state index contributed by atoms with van der Waals surface area (Å²) in [6, 6.07) is 5.86. The van der Waals surface area contributed by atoms with Crippen LogP contribution in [-0.4, -0.2) is 26.7 Å². The van der Waals surface area contributed by atoms with Gasteiger partial charge in [-0.3, -0.25) is 4.79 Å². The molecular formula is C25H26O6. The van der Waals surface area contributed by atoms with Crippen LogP contribution in [0.25, 0.3) is 6.08 Å². The van der Waals surface area contributed by atoms with Crippen LogP contribution in [0, 0.1) is 0 Å². The highest BCUT2D eigenvalue weighted by atomic mass is 16.5. The summed E-state index contributed by atoms with van der Waals surface area (Å²) in [6.45, 7) is 6.14. The Morgan fingerprint density at radius 3 is 2.71 bits per heavy atom. The lowest BCUT2D eigenvalue weighted by Crippen LogP contribution is -2.31. The number of phenols is 3. The van der Waals surface area contributed by atoms with Crippen molar-refractivity contribution in [3.63, 3.8) is 0 Å². The molecule has 6 nitrogen and oxygen atoms in total. The Labute approximate surface area is 181 Å². The van der Waals surface area contributed by atoms with Crippen molar-refractivity contribution in [2.75, 3.05) is 0 Å². The van der Waals surface area contributed by atoms with E-state index in [0.29, 0.717) is 16.9 Å². The SMILES string of the molecule is CC(C)=CCCC1(C)C=Cc2c(ccc([C@@H]3CC(=O)c4c(O)cc(O)cc4O3)c2O)O1. The number of fused-ring (bicyclic) bond motifs is 2. The molecule has 6 heteroatoms. The van der Waals surface area contributed by atoms with E-state index in [4.69, 9.17) is 9.47 Å². The first-order valence-electron chi connectivity index (χ1n) is 10.3. The zero-order chi connectivity index (χ0) is 22.3. The molecule has 0 saturated carbocycles. The average molecular weight is 422 g/mol. The molecule has 2 aliphatic rings. The van der Waals surface area contributed by atoms with E-state index in [2.05, 4.69) is 19.9 Å². The number of allylic oxidation sites excluding steroid dienone is 2. The van der Waals surface area contributed by atoms with Gasteiger partial charge in [0.1, 0.15) is 46.0 Å². The first kappa shape index (κ1) is 20.8. The van der Waals surface area contributed by atoms with E-state index in [9.17, 15) is 20.1 Å². The van der Waals surface area contributed by atoms with Crippen molar-refractivity contribution in [2.24, 2.45) is 0 Å². The lowest BCUT2D eigenvalue weighted by atomic mass is 9.91. The fourth-order valence-electron chi connectivity index (χ4n) is 4.04. The van der Waals surface area contributed by atoms with E-state index in [1.54, 1.807) is 12.1 Å². The summed E-state index contributed by atoms with van der Waals surface area (Å²) in [5, 5.41) is 30.6. The van der Waals surface area contributed by atoms with Gasteiger partial charge in [-0.15, -0.1) is 0 Å². The first-order chi connectivity index (χ1) is 14.7. The van der Waals surface area contributed by atoms with Crippen molar-refractivity contribution in [2.45, 2.75) is 51.7 Å². The summed E-state index contributed by atoms with van der Waals surface area (Å²) in [4.78, 5) is 12.6. The molecule has 4 rings (SSSR count). The van der Waals surface area contributed by atoms with E-state index in [0.717, 1.165) is 18.9 Å². The minimum atomic E-state index is -0.745. The van der Waals surface area contributed by atoms with Crippen LogP contribution >= 0.6 is 0 Å². The normalized spacial score (nSPS) is 21.5. The van der Waals surface area contributed by atoms with Gasteiger partial charge in [-0.25, -0.2) is 0 Å². The number of benzene rings is 2. The second-order valence-corrected chi connectivity index (χ2v) is 8.56. The fourth-order valence-corrected chi connectivity index (χ4v) is 4.04. The molecule has 31 heavy (non-hydrogen) atoms. The molecule has 0 spiro atoms. The van der Waals surface area contributed by atoms with Gasteiger partial charge in [-0.2, -0.15) is 0 Å². The van der Waals surface area contributed by atoms with E-state index in [-0.39, 0.29) is 40.8 Å². The molecule has 2 aromatic rings. The van der Waals surface area contributed by atoms with Gasteiger partial charge >= 0.3 is 0 Å². The predicted octanol–water partition coefficient (Wildman–Crippen LogP) is 5.42. The van der Waals surface area contributed by atoms with Crippen LogP contribution in [0.15, 0.2) is 42.0 Å². The summed E-state index contributed by atoms with van der Waals surface area (Å²) < 4.78 is 12.0. The number of aromatic hydroxyl groups is 3. The maximum Gasteiger partial charge on any atom is 0.174 e. The quantitative estimate of drug-likeness (QED) is 0.569. The third kappa shape index (κ3) is 3.98. The zero-order valence-electron chi connectivity index (χ0n) is 17.8. The minimum absolute atomic E-state index is 0.00859. The number of ether oxygens (including phenoxy) is 2. The second-order valence-electron chi connectivity index (χ2n) is 8.56. The van der Waals surface area contributed by atoms with Crippen molar-refractivity contribution in [3.8, 4) is 28.7 Å². The Kier molecular flexibility index (Phi) is 5.17. The van der Waals surface area contributed by atoms with E-state index >= 15 is 0 Å². The summed E-state index contributed by atoms with van der Waals surface area (Å²) in [5.41, 5.74) is 1.82. The molecule has 0 aromatic heterocycles. The number of rotatable bonds is 4. The number of Topliss-reactive ketones (excluding diaryl/α,β-unsaturated/α-hetero) is 1. The minimum Gasteiger partial charge on any atom is -0.508 e. The maximum absolute atomic E-state index is 12.6. The molecule has 0 amide bonds.